The number of rotatable bonds is 1. The van der Waals surface area contributed by atoms with E-state index in [-0.39, 0.29) is 0 Å². The summed E-state index contributed by atoms with van der Waals surface area (Å²) in [5.74, 6) is 1.89. The molecule has 8 heavy (non-hydrogen) atoms. The second-order valence-electron chi connectivity index (χ2n) is 2.95. The van der Waals surface area contributed by atoms with Crippen molar-refractivity contribution in [1.82, 2.24) is 0 Å². The van der Waals surface area contributed by atoms with E-state index >= 15 is 0 Å². The molecular formula is C7H10O. The highest BCUT2D eigenvalue weighted by atomic mass is 16.1. The van der Waals surface area contributed by atoms with Crippen LogP contribution in [0.25, 0.3) is 0 Å². The zero-order chi connectivity index (χ0) is 5.56. The lowest BCUT2D eigenvalue weighted by atomic mass is 9.80. The fraction of sp³-hybridized carbons (Fsp3) is 0.857. The van der Waals surface area contributed by atoms with Gasteiger partial charge in [0.1, 0.15) is 5.78 Å². The Bertz CT molecular complexity index is 124. The molecule has 1 heteroatoms. The number of hydrogen-bond donors (Lipinski definition) is 0. The number of hydrogen-bond acceptors (Lipinski definition) is 1. The Morgan fingerprint density at radius 3 is 2.12 bits per heavy atom. The zero-order valence-corrected chi connectivity index (χ0v) is 4.89. The highest BCUT2D eigenvalue weighted by Gasteiger charge is 2.40. The fourth-order valence-corrected chi connectivity index (χ4v) is 1.43. The molecular weight excluding hydrogens is 100 g/mol. The van der Waals surface area contributed by atoms with Crippen LogP contribution in [0.4, 0.5) is 0 Å². The van der Waals surface area contributed by atoms with Crippen molar-refractivity contribution in [3.05, 3.63) is 0 Å². The van der Waals surface area contributed by atoms with E-state index in [4.69, 9.17) is 0 Å². The van der Waals surface area contributed by atoms with Crippen LogP contribution in [0.15, 0.2) is 0 Å². The minimum atomic E-state index is 0.523. The minimum absolute atomic E-state index is 0.523. The van der Waals surface area contributed by atoms with Crippen molar-refractivity contribution in [3.8, 4) is 0 Å². The Morgan fingerprint density at radius 2 is 2.00 bits per heavy atom. The highest BCUT2D eigenvalue weighted by Crippen LogP contribution is 2.44. The molecule has 0 spiro atoms. The fourth-order valence-electron chi connectivity index (χ4n) is 1.43. The van der Waals surface area contributed by atoms with Crippen LogP contribution in [0, 0.1) is 11.8 Å². The van der Waals surface area contributed by atoms with E-state index in [0.29, 0.717) is 11.7 Å². The van der Waals surface area contributed by atoms with E-state index in [9.17, 15) is 4.79 Å². The van der Waals surface area contributed by atoms with Gasteiger partial charge in [0.2, 0.25) is 0 Å². The summed E-state index contributed by atoms with van der Waals surface area (Å²) in [4.78, 5) is 10.7. The molecule has 0 saturated heterocycles. The van der Waals surface area contributed by atoms with Gasteiger partial charge >= 0.3 is 0 Å². The molecule has 0 bridgehead atoms. The molecule has 0 aromatic heterocycles. The summed E-state index contributed by atoms with van der Waals surface area (Å²) in [7, 11) is 0. The van der Waals surface area contributed by atoms with Crippen molar-refractivity contribution in [1.29, 1.82) is 0 Å². The van der Waals surface area contributed by atoms with Gasteiger partial charge in [0.05, 0.1) is 0 Å². The van der Waals surface area contributed by atoms with Crippen molar-refractivity contribution >= 4 is 5.78 Å². The third-order valence-electron chi connectivity index (χ3n) is 2.31. The lowest BCUT2D eigenvalue weighted by Crippen LogP contribution is -2.26. The molecule has 2 fully saturated rings. The third-order valence-corrected chi connectivity index (χ3v) is 2.31. The maximum atomic E-state index is 10.7. The predicted molar refractivity (Wildman–Crippen MR) is 30.5 cm³/mol. The molecule has 2 aliphatic carbocycles. The number of carbonyl (C=O) groups excluding carboxylic acids is 1. The SMILES string of the molecule is O=C1CCC1C1CC1. The molecule has 2 saturated carbocycles. The number of carbonyl (C=O) groups is 1. The third kappa shape index (κ3) is 0.504. The zero-order valence-electron chi connectivity index (χ0n) is 4.89. The summed E-state index contributed by atoms with van der Waals surface area (Å²) < 4.78 is 0. The largest absolute Gasteiger partial charge is 0.299 e. The molecule has 1 atom stereocenters. The lowest BCUT2D eigenvalue weighted by molar-refractivity contribution is -0.130. The Morgan fingerprint density at radius 1 is 1.25 bits per heavy atom. The van der Waals surface area contributed by atoms with Crippen molar-refractivity contribution in [2.45, 2.75) is 25.7 Å². The van der Waals surface area contributed by atoms with E-state index in [2.05, 4.69) is 0 Å². The Balaban J connectivity index is 1.96. The van der Waals surface area contributed by atoms with Crippen LogP contribution in [0.5, 0.6) is 0 Å². The second-order valence-corrected chi connectivity index (χ2v) is 2.95. The second kappa shape index (κ2) is 1.34. The molecule has 0 amide bonds. The first-order valence-corrected chi connectivity index (χ1v) is 3.40. The summed E-state index contributed by atoms with van der Waals surface area (Å²) in [6.07, 6.45) is 4.73. The Labute approximate surface area is 49.1 Å². The Hall–Kier alpha value is -0.330. The van der Waals surface area contributed by atoms with Gasteiger partial charge in [-0.25, -0.2) is 0 Å². The minimum Gasteiger partial charge on any atom is -0.299 e. The van der Waals surface area contributed by atoms with Crippen LogP contribution >= 0.6 is 0 Å². The Kier molecular flexibility index (Phi) is 0.758. The molecule has 44 valence electrons. The van der Waals surface area contributed by atoms with Gasteiger partial charge in [0, 0.05) is 12.3 Å². The maximum Gasteiger partial charge on any atom is 0.136 e. The summed E-state index contributed by atoms with van der Waals surface area (Å²) in [5, 5.41) is 0. The molecule has 0 N–H and O–H groups in total. The van der Waals surface area contributed by atoms with Gasteiger partial charge in [0.25, 0.3) is 0 Å². The van der Waals surface area contributed by atoms with Crippen molar-refractivity contribution in [2.75, 3.05) is 0 Å². The summed E-state index contributed by atoms with van der Waals surface area (Å²) in [5.41, 5.74) is 0. The summed E-state index contributed by atoms with van der Waals surface area (Å²) in [6.45, 7) is 0. The molecule has 0 aromatic rings. The average Bonchev–Trinajstić information content (AvgIpc) is 2.46. The van der Waals surface area contributed by atoms with Gasteiger partial charge in [-0.3, -0.25) is 4.79 Å². The average molecular weight is 110 g/mol. The summed E-state index contributed by atoms with van der Waals surface area (Å²) in [6, 6.07) is 0. The number of ketones is 1. The first-order chi connectivity index (χ1) is 3.88. The maximum absolute atomic E-state index is 10.7. The first kappa shape index (κ1) is 4.54. The van der Waals surface area contributed by atoms with Crippen LogP contribution in [0.3, 0.4) is 0 Å². The lowest BCUT2D eigenvalue weighted by Gasteiger charge is -2.22. The van der Waals surface area contributed by atoms with Gasteiger partial charge in [-0.05, 0) is 25.2 Å². The van der Waals surface area contributed by atoms with E-state index in [1.807, 2.05) is 0 Å². The van der Waals surface area contributed by atoms with Gasteiger partial charge in [-0.15, -0.1) is 0 Å². The molecule has 0 heterocycles. The van der Waals surface area contributed by atoms with Crippen LogP contribution in [-0.2, 0) is 4.79 Å². The van der Waals surface area contributed by atoms with Crippen LogP contribution in [-0.4, -0.2) is 5.78 Å². The normalized spacial score (nSPS) is 37.0. The van der Waals surface area contributed by atoms with E-state index in [1.165, 1.54) is 19.3 Å². The van der Waals surface area contributed by atoms with Gasteiger partial charge in [-0.2, -0.15) is 0 Å². The van der Waals surface area contributed by atoms with E-state index in [0.717, 1.165) is 12.3 Å². The van der Waals surface area contributed by atoms with E-state index < -0.39 is 0 Å². The first-order valence-electron chi connectivity index (χ1n) is 3.40. The molecule has 1 nitrogen and oxygen atoms in total. The van der Waals surface area contributed by atoms with Crippen molar-refractivity contribution in [2.24, 2.45) is 11.8 Å². The topological polar surface area (TPSA) is 17.1 Å². The van der Waals surface area contributed by atoms with Gasteiger partial charge < -0.3 is 0 Å². The quantitative estimate of drug-likeness (QED) is 0.498. The predicted octanol–water partition coefficient (Wildman–Crippen LogP) is 1.38. The summed E-state index contributed by atoms with van der Waals surface area (Å²) >= 11 is 0. The van der Waals surface area contributed by atoms with Crippen LogP contribution < -0.4 is 0 Å². The molecule has 1 unspecified atom stereocenters. The van der Waals surface area contributed by atoms with Crippen LogP contribution in [0.1, 0.15) is 25.7 Å². The molecule has 2 rings (SSSR count). The monoisotopic (exact) mass is 110 g/mol. The highest BCUT2D eigenvalue weighted by molar-refractivity contribution is 5.86. The molecule has 0 aliphatic heterocycles. The van der Waals surface area contributed by atoms with Gasteiger partial charge in [-0.1, -0.05) is 0 Å². The van der Waals surface area contributed by atoms with Crippen molar-refractivity contribution in [3.63, 3.8) is 0 Å². The molecule has 0 radical (unpaired) electrons. The smallest absolute Gasteiger partial charge is 0.136 e. The van der Waals surface area contributed by atoms with Gasteiger partial charge in [0.15, 0.2) is 0 Å². The standard InChI is InChI=1S/C7H10O/c8-7-4-3-6(7)5-1-2-5/h5-6H,1-4H2. The van der Waals surface area contributed by atoms with Crippen molar-refractivity contribution < 1.29 is 4.79 Å². The number of Topliss-reactive ketones (excluding diaryl/α,β-unsaturated/α-hetero) is 1. The van der Waals surface area contributed by atoms with E-state index in [1.54, 1.807) is 0 Å². The molecule has 2 aliphatic rings. The van der Waals surface area contributed by atoms with Crippen LogP contribution in [0.2, 0.25) is 0 Å². The molecule has 0 aromatic carbocycles.